The van der Waals surface area contributed by atoms with Gasteiger partial charge in [-0.3, -0.25) is 14.3 Å². The number of hydrogen-bond donors (Lipinski definition) is 3. The molecule has 2 heterocycles. The first-order valence-corrected chi connectivity index (χ1v) is 11.0. The molecule has 3 N–H and O–H groups in total. The molecule has 0 aliphatic heterocycles. The number of rotatable bonds is 7. The fourth-order valence-corrected chi connectivity index (χ4v) is 4.38. The molecule has 0 aliphatic carbocycles. The molecule has 0 aliphatic rings. The topological polar surface area (TPSA) is 104 Å². The summed E-state index contributed by atoms with van der Waals surface area (Å²) in [4.78, 5) is 21.6. The third-order valence-electron chi connectivity index (χ3n) is 3.88. The van der Waals surface area contributed by atoms with Crippen LogP contribution in [0.2, 0.25) is 10.0 Å². The van der Waals surface area contributed by atoms with E-state index in [9.17, 15) is 13.6 Å². The number of carbonyl (C=O) groups excluding carboxylic acids is 1. The van der Waals surface area contributed by atoms with E-state index < -0.39 is 17.3 Å². The van der Waals surface area contributed by atoms with Crippen LogP contribution in [0, 0.1) is 6.92 Å². The Morgan fingerprint density at radius 2 is 1.90 bits per heavy atom. The van der Waals surface area contributed by atoms with E-state index in [1.807, 2.05) is 6.92 Å². The van der Waals surface area contributed by atoms with Crippen LogP contribution in [0.5, 0.6) is 0 Å². The molecule has 7 nitrogen and oxygen atoms in total. The Bertz CT molecular complexity index is 1020. The maximum Gasteiger partial charge on any atom is 0.270 e. The molecule has 0 radical (unpaired) electrons. The number of pyridine rings is 1. The predicted octanol–water partition coefficient (Wildman–Crippen LogP) is 3.90. The first-order chi connectivity index (χ1) is 13.8. The average molecular weight is 471 g/mol. The molecule has 0 saturated carbocycles. The molecule has 0 fully saturated rings. The van der Waals surface area contributed by atoms with Crippen molar-refractivity contribution in [2.24, 2.45) is 0 Å². The first kappa shape index (κ1) is 21.8. The van der Waals surface area contributed by atoms with Crippen molar-refractivity contribution in [3.8, 4) is 0 Å². The average Bonchev–Trinajstić information content (AvgIpc) is 3.08. The normalized spacial score (nSPS) is 13.1. The van der Waals surface area contributed by atoms with Crippen LogP contribution in [-0.2, 0) is 17.8 Å². The molecule has 1 aromatic carbocycles. The van der Waals surface area contributed by atoms with Crippen molar-refractivity contribution in [1.29, 1.82) is 0 Å². The number of amides is 1. The van der Waals surface area contributed by atoms with Crippen LogP contribution in [0.1, 0.15) is 37.5 Å². The summed E-state index contributed by atoms with van der Waals surface area (Å²) in [6, 6.07) is 7.34. The summed E-state index contributed by atoms with van der Waals surface area (Å²) in [5, 5.41) is 4.50. The van der Waals surface area contributed by atoms with Crippen molar-refractivity contribution < 1.29 is 13.6 Å². The van der Waals surface area contributed by atoms with E-state index in [1.54, 1.807) is 36.5 Å². The Hall–Kier alpha value is -1.88. The molecule has 29 heavy (non-hydrogen) atoms. The summed E-state index contributed by atoms with van der Waals surface area (Å²) in [6.45, 7) is 2.26. The van der Waals surface area contributed by atoms with Crippen molar-refractivity contribution in [2.45, 2.75) is 19.5 Å². The molecule has 2 atom stereocenters. The Labute approximate surface area is 183 Å². The van der Waals surface area contributed by atoms with Crippen LogP contribution in [-0.4, -0.2) is 24.6 Å². The van der Waals surface area contributed by atoms with Crippen molar-refractivity contribution in [2.75, 3.05) is 0 Å². The number of thiazole rings is 1. The molecule has 3 aromatic rings. The second kappa shape index (κ2) is 9.75. The van der Waals surface area contributed by atoms with Gasteiger partial charge in [0.05, 0.1) is 17.6 Å². The SMILES string of the molecule is Cc1ncc(CNC(=O)c2ccc(C(NS(=O)O)c3cc(Cl)cc(Cl)c3)cn2)s1. The number of nitrogens with one attached hydrogen (secondary N) is 2. The molecule has 0 spiro atoms. The number of hydrogen-bond acceptors (Lipinski definition) is 5. The maximum absolute atomic E-state index is 12.3. The fourth-order valence-electron chi connectivity index (χ4n) is 2.63. The lowest BCUT2D eigenvalue weighted by molar-refractivity contribution is 0.0946. The number of aryl methyl sites for hydroxylation is 1. The van der Waals surface area contributed by atoms with Gasteiger partial charge in [-0.25, -0.2) is 13.9 Å². The second-order valence-electron chi connectivity index (χ2n) is 6.01. The molecule has 152 valence electrons. The molecule has 11 heteroatoms. The molecular weight excluding hydrogens is 455 g/mol. The van der Waals surface area contributed by atoms with Gasteiger partial charge < -0.3 is 5.32 Å². The fraction of sp³-hybridized carbons (Fsp3) is 0.167. The number of benzene rings is 1. The van der Waals surface area contributed by atoms with Crippen LogP contribution in [0.3, 0.4) is 0 Å². The van der Waals surface area contributed by atoms with Crippen LogP contribution in [0.4, 0.5) is 0 Å². The van der Waals surface area contributed by atoms with Gasteiger partial charge in [-0.2, -0.15) is 0 Å². The van der Waals surface area contributed by atoms with Crippen LogP contribution in [0.15, 0.2) is 42.7 Å². The molecule has 0 bridgehead atoms. The largest absolute Gasteiger partial charge is 0.346 e. The monoisotopic (exact) mass is 470 g/mol. The van der Waals surface area contributed by atoms with Gasteiger partial charge in [0, 0.05) is 27.3 Å². The van der Waals surface area contributed by atoms with E-state index >= 15 is 0 Å². The third-order valence-corrected chi connectivity index (χ3v) is 5.67. The van der Waals surface area contributed by atoms with E-state index in [2.05, 4.69) is 20.0 Å². The van der Waals surface area contributed by atoms with Crippen molar-refractivity contribution in [3.63, 3.8) is 0 Å². The van der Waals surface area contributed by atoms with E-state index in [0.717, 1.165) is 9.88 Å². The zero-order chi connectivity index (χ0) is 21.0. The van der Waals surface area contributed by atoms with Gasteiger partial charge in [0.2, 0.25) is 11.3 Å². The third kappa shape index (κ3) is 6.05. The summed E-state index contributed by atoms with van der Waals surface area (Å²) in [7, 11) is 0. The molecule has 3 rings (SSSR count). The van der Waals surface area contributed by atoms with Crippen LogP contribution in [0.25, 0.3) is 0 Å². The Morgan fingerprint density at radius 1 is 1.17 bits per heavy atom. The number of halogens is 2. The van der Waals surface area contributed by atoms with Gasteiger partial charge >= 0.3 is 0 Å². The van der Waals surface area contributed by atoms with Gasteiger partial charge in [0.25, 0.3) is 5.91 Å². The highest BCUT2D eigenvalue weighted by molar-refractivity contribution is 7.77. The van der Waals surface area contributed by atoms with Crippen molar-refractivity contribution >= 4 is 51.7 Å². The zero-order valence-corrected chi connectivity index (χ0v) is 18.2. The highest BCUT2D eigenvalue weighted by Gasteiger charge is 2.19. The maximum atomic E-state index is 12.3. The molecule has 2 aromatic heterocycles. The summed E-state index contributed by atoms with van der Waals surface area (Å²) >= 11 is 11.3. The van der Waals surface area contributed by atoms with E-state index in [4.69, 9.17) is 23.2 Å². The van der Waals surface area contributed by atoms with Crippen molar-refractivity contribution in [3.05, 3.63) is 79.5 Å². The molecular formula is C18H16Cl2N4O3S2. The Morgan fingerprint density at radius 3 is 2.45 bits per heavy atom. The summed E-state index contributed by atoms with van der Waals surface area (Å²) < 4.78 is 23.2. The standard InChI is InChI=1S/C18H16Cl2N4O3S2/c1-10-21-8-15(28-10)9-23-18(25)16-3-2-11(7-22-16)17(24-29(26)27)12-4-13(19)6-14(20)5-12/h2-8,17,24H,9H2,1H3,(H,23,25)(H,26,27). The minimum Gasteiger partial charge on any atom is -0.346 e. The number of nitrogens with zero attached hydrogens (tertiary/aromatic N) is 2. The van der Waals surface area contributed by atoms with Gasteiger partial charge in [-0.1, -0.05) is 29.3 Å². The quantitative estimate of drug-likeness (QED) is 0.454. The summed E-state index contributed by atoms with van der Waals surface area (Å²) in [5.41, 5.74) is 1.38. The summed E-state index contributed by atoms with van der Waals surface area (Å²) in [6.07, 6.45) is 3.18. The minimum absolute atomic E-state index is 0.225. The smallest absolute Gasteiger partial charge is 0.270 e. The Kier molecular flexibility index (Phi) is 7.33. The lowest BCUT2D eigenvalue weighted by atomic mass is 10.0. The van der Waals surface area contributed by atoms with Gasteiger partial charge in [0.15, 0.2) is 0 Å². The second-order valence-corrected chi connectivity index (χ2v) is 8.93. The zero-order valence-electron chi connectivity index (χ0n) is 15.1. The predicted molar refractivity (Wildman–Crippen MR) is 114 cm³/mol. The van der Waals surface area contributed by atoms with E-state index in [1.165, 1.54) is 17.5 Å². The number of carbonyl (C=O) groups is 1. The Balaban J connectivity index is 1.77. The summed E-state index contributed by atoms with van der Waals surface area (Å²) in [5.74, 6) is -0.330. The lowest BCUT2D eigenvalue weighted by Gasteiger charge is -2.18. The van der Waals surface area contributed by atoms with E-state index in [-0.39, 0.29) is 11.6 Å². The minimum atomic E-state index is -2.29. The van der Waals surface area contributed by atoms with Gasteiger partial charge in [-0.05, 0) is 42.3 Å². The molecule has 1 amide bonds. The number of aromatic nitrogens is 2. The first-order valence-electron chi connectivity index (χ1n) is 8.30. The van der Waals surface area contributed by atoms with Crippen LogP contribution < -0.4 is 10.0 Å². The van der Waals surface area contributed by atoms with Gasteiger partial charge in [0.1, 0.15) is 5.69 Å². The molecule has 2 unspecified atom stereocenters. The molecule has 0 saturated heterocycles. The highest BCUT2D eigenvalue weighted by atomic mass is 35.5. The lowest BCUT2D eigenvalue weighted by Crippen LogP contribution is -2.25. The van der Waals surface area contributed by atoms with Crippen molar-refractivity contribution in [1.82, 2.24) is 20.0 Å². The van der Waals surface area contributed by atoms with Gasteiger partial charge in [-0.15, -0.1) is 11.3 Å². The highest BCUT2D eigenvalue weighted by Crippen LogP contribution is 2.28. The van der Waals surface area contributed by atoms with Crippen LogP contribution >= 0.6 is 34.5 Å². The van der Waals surface area contributed by atoms with E-state index in [0.29, 0.717) is 27.7 Å².